The van der Waals surface area contributed by atoms with Gasteiger partial charge in [0.1, 0.15) is 11.6 Å². The van der Waals surface area contributed by atoms with E-state index in [1.165, 1.54) is 18.1 Å². The second kappa shape index (κ2) is 9.44. The molecule has 2 heterocycles. The van der Waals surface area contributed by atoms with Gasteiger partial charge in [-0.2, -0.15) is 0 Å². The minimum atomic E-state index is -0.453. The largest absolute Gasteiger partial charge is 0.494 e. The average molecular weight is 451 g/mol. The Morgan fingerprint density at radius 3 is 2.70 bits per heavy atom. The first-order valence-corrected chi connectivity index (χ1v) is 10.9. The molecular formula is C25H27FN4O3. The molecule has 172 valence electrons. The number of halogens is 1. The third-order valence-electron chi connectivity index (χ3n) is 5.65. The third-order valence-corrected chi connectivity index (χ3v) is 5.65. The van der Waals surface area contributed by atoms with Crippen LogP contribution in [0.5, 0.6) is 11.5 Å². The van der Waals surface area contributed by atoms with Crippen LogP contribution >= 0.6 is 0 Å². The fourth-order valence-corrected chi connectivity index (χ4v) is 3.82. The molecule has 33 heavy (non-hydrogen) atoms. The second-order valence-corrected chi connectivity index (χ2v) is 7.97. The van der Waals surface area contributed by atoms with Crippen molar-refractivity contribution in [2.24, 2.45) is 0 Å². The van der Waals surface area contributed by atoms with Gasteiger partial charge in [-0.05, 0) is 43.2 Å². The van der Waals surface area contributed by atoms with E-state index in [0.29, 0.717) is 17.1 Å². The maximum Gasteiger partial charge on any atom is 0.259 e. The maximum atomic E-state index is 14.3. The molecule has 2 aromatic carbocycles. The predicted molar refractivity (Wildman–Crippen MR) is 125 cm³/mol. The van der Waals surface area contributed by atoms with Crippen molar-refractivity contribution in [2.75, 3.05) is 39.3 Å². The van der Waals surface area contributed by atoms with E-state index in [2.05, 4.69) is 11.8 Å². The van der Waals surface area contributed by atoms with Crippen LogP contribution in [0.3, 0.4) is 0 Å². The van der Waals surface area contributed by atoms with Gasteiger partial charge in [-0.1, -0.05) is 13.0 Å². The van der Waals surface area contributed by atoms with Crippen molar-refractivity contribution in [2.45, 2.75) is 19.8 Å². The lowest BCUT2D eigenvalue weighted by atomic mass is 10.1. The fraction of sp³-hybridized carbons (Fsp3) is 0.320. The highest BCUT2D eigenvalue weighted by Crippen LogP contribution is 2.37. The topological polar surface area (TPSA) is 67.8 Å². The number of rotatable bonds is 7. The highest BCUT2D eigenvalue weighted by molar-refractivity contribution is 5.77. The summed E-state index contributed by atoms with van der Waals surface area (Å²) in [5.41, 5.74) is 3.56. The number of carbonyl (C=O) groups excluding carboxylic acids is 1. The van der Waals surface area contributed by atoms with Crippen LogP contribution in [0.4, 0.5) is 15.9 Å². The number of fused-ring (bicyclic) bond motifs is 1. The molecule has 0 saturated carbocycles. The average Bonchev–Trinajstić information content (AvgIpc) is 3.26. The minimum Gasteiger partial charge on any atom is -0.494 e. The number of aromatic nitrogens is 2. The standard InChI is InChI=1S/C25H27FN4O3/c1-5-21-19-11-12-30(17-7-6-8-18(14-17)33-15-23(31)29(2)3)25(19)28-24(27-21)16-9-10-22(32-4)20(26)13-16/h6-10,13-14H,5,11-12,15H2,1-4H3. The van der Waals surface area contributed by atoms with Crippen LogP contribution in [-0.2, 0) is 17.6 Å². The van der Waals surface area contributed by atoms with E-state index in [9.17, 15) is 9.18 Å². The molecule has 8 heteroatoms. The second-order valence-electron chi connectivity index (χ2n) is 7.97. The molecule has 0 radical (unpaired) electrons. The van der Waals surface area contributed by atoms with Gasteiger partial charge in [0.2, 0.25) is 0 Å². The zero-order valence-corrected chi connectivity index (χ0v) is 19.3. The van der Waals surface area contributed by atoms with Gasteiger partial charge in [0, 0.05) is 49.2 Å². The van der Waals surface area contributed by atoms with E-state index in [-0.39, 0.29) is 18.3 Å². The molecule has 0 spiro atoms. The van der Waals surface area contributed by atoms with Crippen molar-refractivity contribution in [3.8, 4) is 22.9 Å². The first-order chi connectivity index (χ1) is 15.9. The van der Waals surface area contributed by atoms with Gasteiger partial charge in [0.15, 0.2) is 24.0 Å². The number of anilines is 2. The van der Waals surface area contributed by atoms with Crippen LogP contribution in [0.2, 0.25) is 0 Å². The minimum absolute atomic E-state index is 0.0254. The Balaban J connectivity index is 1.67. The highest BCUT2D eigenvalue weighted by Gasteiger charge is 2.27. The van der Waals surface area contributed by atoms with E-state index in [4.69, 9.17) is 19.4 Å². The summed E-state index contributed by atoms with van der Waals surface area (Å²) < 4.78 is 25.0. The Kier molecular flexibility index (Phi) is 6.44. The quantitative estimate of drug-likeness (QED) is 0.542. The Bertz CT molecular complexity index is 1180. The number of likely N-dealkylation sites (N-methyl/N-ethyl adjacent to an activating group) is 1. The first kappa shape index (κ1) is 22.5. The summed E-state index contributed by atoms with van der Waals surface area (Å²) in [4.78, 5) is 25.0. The van der Waals surface area contributed by atoms with Crippen LogP contribution in [0, 0.1) is 5.82 Å². The van der Waals surface area contributed by atoms with E-state index < -0.39 is 5.82 Å². The smallest absolute Gasteiger partial charge is 0.259 e. The zero-order chi connectivity index (χ0) is 23.5. The maximum absolute atomic E-state index is 14.3. The summed E-state index contributed by atoms with van der Waals surface area (Å²) in [6, 6.07) is 12.3. The number of nitrogens with zero attached hydrogens (tertiary/aromatic N) is 4. The highest BCUT2D eigenvalue weighted by atomic mass is 19.1. The van der Waals surface area contributed by atoms with Crippen molar-refractivity contribution < 1.29 is 18.7 Å². The van der Waals surface area contributed by atoms with Crippen LogP contribution in [-0.4, -0.2) is 55.1 Å². The summed E-state index contributed by atoms with van der Waals surface area (Å²) in [7, 11) is 4.83. The lowest BCUT2D eigenvalue weighted by Crippen LogP contribution is -2.27. The van der Waals surface area contributed by atoms with Gasteiger partial charge in [-0.3, -0.25) is 4.79 Å². The summed E-state index contributed by atoms with van der Waals surface area (Å²) in [5, 5.41) is 0. The Morgan fingerprint density at radius 1 is 1.18 bits per heavy atom. The zero-order valence-electron chi connectivity index (χ0n) is 19.3. The van der Waals surface area contributed by atoms with Crippen LogP contribution in [0.15, 0.2) is 42.5 Å². The molecule has 1 aliphatic rings. The first-order valence-electron chi connectivity index (χ1n) is 10.9. The van der Waals surface area contributed by atoms with Crippen molar-refractivity contribution in [3.05, 3.63) is 59.5 Å². The summed E-state index contributed by atoms with van der Waals surface area (Å²) in [5.74, 6) is 1.52. The number of methoxy groups -OCH3 is 1. The monoisotopic (exact) mass is 450 g/mol. The third kappa shape index (κ3) is 4.60. The molecule has 0 atom stereocenters. The number of amides is 1. The number of carbonyl (C=O) groups is 1. The lowest BCUT2D eigenvalue weighted by molar-refractivity contribution is -0.130. The fourth-order valence-electron chi connectivity index (χ4n) is 3.82. The molecule has 0 aliphatic carbocycles. The van der Waals surface area contributed by atoms with Crippen molar-refractivity contribution >= 4 is 17.4 Å². The molecule has 0 N–H and O–H groups in total. The number of ether oxygens (including phenoxy) is 2. The van der Waals surface area contributed by atoms with Crippen LogP contribution in [0.1, 0.15) is 18.2 Å². The van der Waals surface area contributed by atoms with Gasteiger partial charge in [0.25, 0.3) is 5.91 Å². The summed E-state index contributed by atoms with van der Waals surface area (Å²) >= 11 is 0. The molecule has 7 nitrogen and oxygen atoms in total. The molecule has 1 aliphatic heterocycles. The Labute approximate surface area is 192 Å². The molecule has 0 bridgehead atoms. The molecule has 0 unspecified atom stereocenters. The predicted octanol–water partition coefficient (Wildman–Crippen LogP) is 4.01. The van der Waals surface area contributed by atoms with E-state index in [1.54, 1.807) is 26.2 Å². The molecule has 0 saturated heterocycles. The van der Waals surface area contributed by atoms with Crippen molar-refractivity contribution in [3.63, 3.8) is 0 Å². The summed E-state index contributed by atoms with van der Waals surface area (Å²) in [6.45, 7) is 2.78. The van der Waals surface area contributed by atoms with Gasteiger partial charge in [-0.15, -0.1) is 0 Å². The van der Waals surface area contributed by atoms with Crippen molar-refractivity contribution in [1.29, 1.82) is 0 Å². The van der Waals surface area contributed by atoms with E-state index in [0.717, 1.165) is 42.1 Å². The molecular weight excluding hydrogens is 423 g/mol. The molecule has 3 aromatic rings. The van der Waals surface area contributed by atoms with Crippen LogP contribution < -0.4 is 14.4 Å². The van der Waals surface area contributed by atoms with Gasteiger partial charge in [-0.25, -0.2) is 14.4 Å². The molecule has 1 aromatic heterocycles. The van der Waals surface area contributed by atoms with Crippen molar-refractivity contribution in [1.82, 2.24) is 14.9 Å². The number of hydrogen-bond acceptors (Lipinski definition) is 6. The lowest BCUT2D eigenvalue weighted by Gasteiger charge is -2.20. The molecule has 1 amide bonds. The van der Waals surface area contributed by atoms with E-state index >= 15 is 0 Å². The van der Waals surface area contributed by atoms with Gasteiger partial charge >= 0.3 is 0 Å². The Morgan fingerprint density at radius 2 is 2.00 bits per heavy atom. The van der Waals surface area contributed by atoms with Gasteiger partial charge in [0.05, 0.1) is 7.11 Å². The summed E-state index contributed by atoms with van der Waals surface area (Å²) in [6.07, 6.45) is 1.57. The normalized spacial score (nSPS) is 12.5. The van der Waals surface area contributed by atoms with E-state index in [1.807, 2.05) is 24.3 Å². The van der Waals surface area contributed by atoms with Gasteiger partial charge < -0.3 is 19.3 Å². The number of benzene rings is 2. The SMILES string of the molecule is CCc1nc(-c2ccc(OC)c(F)c2)nc2c1CCN2c1cccc(OCC(=O)N(C)C)c1. The molecule has 4 rings (SSSR count). The van der Waals surface area contributed by atoms with Crippen LogP contribution in [0.25, 0.3) is 11.4 Å². The number of aryl methyl sites for hydroxylation is 1. The Hall–Kier alpha value is -3.68. The molecule has 0 fully saturated rings. The number of hydrogen-bond donors (Lipinski definition) is 0.